The minimum atomic E-state index is -1.05. The molecule has 1 heteroatoms. The van der Waals surface area contributed by atoms with Gasteiger partial charge in [-0.1, -0.05) is 0 Å². The van der Waals surface area contributed by atoms with Gasteiger partial charge in [0.15, 0.2) is 0 Å². The molecule has 6 rings (SSSR count). The predicted octanol–water partition coefficient (Wildman–Crippen LogP) is 10.2. The molecule has 6 saturated carbocycles. The van der Waals surface area contributed by atoms with Gasteiger partial charge in [-0.15, -0.1) is 0 Å². The summed E-state index contributed by atoms with van der Waals surface area (Å²) in [6.45, 7) is 32.9. The normalized spacial score (nSPS) is 68.6. The van der Waals surface area contributed by atoms with Crippen LogP contribution in [0.3, 0.4) is 0 Å². The van der Waals surface area contributed by atoms with Crippen molar-refractivity contribution in [3.8, 4) is 0 Å². The van der Waals surface area contributed by atoms with E-state index >= 15 is 0 Å². The molecule has 0 aromatic rings. The molecule has 0 aromatic heterocycles. The molecule has 0 amide bonds. The quantitative estimate of drug-likeness (QED) is 0.358. The zero-order valence-corrected chi connectivity index (χ0v) is 26.1. The second kappa shape index (κ2) is 6.75. The molecule has 195 valence electrons. The van der Waals surface area contributed by atoms with Gasteiger partial charge in [-0.2, -0.15) is 0 Å². The van der Waals surface area contributed by atoms with Gasteiger partial charge < -0.3 is 0 Å². The van der Waals surface area contributed by atoms with Gasteiger partial charge >= 0.3 is 218 Å². The van der Waals surface area contributed by atoms with Crippen molar-refractivity contribution in [2.24, 2.45) is 69.5 Å². The van der Waals surface area contributed by atoms with Crippen molar-refractivity contribution in [1.29, 1.82) is 0 Å². The fourth-order valence-electron chi connectivity index (χ4n) is 13.6. The van der Waals surface area contributed by atoms with Crippen molar-refractivity contribution >= 4 is 0 Å². The Morgan fingerprint density at radius 2 is 0.647 bits per heavy atom. The molecule has 0 nitrogen and oxygen atoms in total. The van der Waals surface area contributed by atoms with E-state index in [-0.39, 0.29) is 0 Å². The fraction of sp³-hybridized carbons (Fsp3) is 1.00. The summed E-state index contributed by atoms with van der Waals surface area (Å²) in [7, 11) is 0. The summed E-state index contributed by atoms with van der Waals surface area (Å²) in [5.41, 5.74) is 1.81. The van der Waals surface area contributed by atoms with Crippen LogP contribution in [0.2, 0.25) is 12.8 Å². The van der Waals surface area contributed by atoms with Crippen LogP contribution in [0.5, 0.6) is 0 Å². The summed E-state index contributed by atoms with van der Waals surface area (Å²) in [5.74, 6) is 8.37. The summed E-state index contributed by atoms with van der Waals surface area (Å²) < 4.78 is 2.01. The van der Waals surface area contributed by atoms with E-state index in [4.69, 9.17) is 0 Å². The number of hydrogen-bond acceptors (Lipinski definition) is 0. The Balaban J connectivity index is 1.64. The predicted molar refractivity (Wildman–Crippen MR) is 143 cm³/mol. The Labute approximate surface area is 217 Å². The summed E-state index contributed by atoms with van der Waals surface area (Å²) >= 11 is -1.05. The van der Waals surface area contributed by atoms with E-state index in [0.717, 1.165) is 53.3 Å². The first-order valence-corrected chi connectivity index (χ1v) is 17.2. The van der Waals surface area contributed by atoms with Crippen LogP contribution in [0.1, 0.15) is 122 Å². The Bertz CT molecular complexity index is 781. The van der Waals surface area contributed by atoms with E-state index in [2.05, 4.69) is 83.1 Å². The van der Waals surface area contributed by atoms with Gasteiger partial charge in [-0.25, -0.2) is 0 Å². The first kappa shape index (κ1) is 24.8. The summed E-state index contributed by atoms with van der Waals surface area (Å²) in [6.07, 6.45) is 9.34. The first-order chi connectivity index (χ1) is 15.6. The Kier molecular flexibility index (Phi) is 4.93. The maximum absolute atomic E-state index is 2.78. The van der Waals surface area contributed by atoms with Crippen LogP contribution >= 0.6 is 0 Å². The standard InChI is InChI=1S/3C11H19.Cr/c3*1-7-5-11(4)6-10(7)8(2)9(11)3;/h3*7-9H,5-6H2,1-4H3;. The van der Waals surface area contributed by atoms with Crippen molar-refractivity contribution in [2.75, 3.05) is 0 Å². The van der Waals surface area contributed by atoms with E-state index in [1.807, 2.05) is 0 Å². The van der Waals surface area contributed by atoms with Gasteiger partial charge in [-0.3, -0.25) is 0 Å². The number of rotatable bonds is 3. The molecule has 6 aliphatic rings. The van der Waals surface area contributed by atoms with E-state index in [0.29, 0.717) is 29.1 Å². The number of hydrogen-bond donors (Lipinski definition) is 0. The maximum atomic E-state index is 2.78. The van der Waals surface area contributed by atoms with Crippen LogP contribution in [0.4, 0.5) is 0 Å². The van der Waals surface area contributed by atoms with E-state index < -0.39 is 14.1 Å². The van der Waals surface area contributed by atoms with Gasteiger partial charge in [0.1, 0.15) is 0 Å². The molecular weight excluding hydrogens is 448 g/mol. The third kappa shape index (κ3) is 2.34. The third-order valence-corrected chi connectivity index (χ3v) is 23.7. The average molecular weight is 506 g/mol. The zero-order chi connectivity index (χ0) is 25.0. The molecule has 34 heavy (non-hydrogen) atoms. The summed E-state index contributed by atoms with van der Waals surface area (Å²) in [5, 5.41) is 0. The second-order valence-corrected chi connectivity index (χ2v) is 21.2. The molecule has 6 aliphatic carbocycles. The van der Waals surface area contributed by atoms with Crippen molar-refractivity contribution in [3.05, 3.63) is 0 Å². The average Bonchev–Trinajstić information content (AvgIpc) is 3.44. The zero-order valence-electron chi connectivity index (χ0n) is 24.8. The molecule has 0 spiro atoms. The van der Waals surface area contributed by atoms with Gasteiger partial charge in [-0.05, 0) is 0 Å². The second-order valence-electron chi connectivity index (χ2n) is 16.7. The third-order valence-electron chi connectivity index (χ3n) is 15.9. The molecular formula is C33H57Cr. The van der Waals surface area contributed by atoms with Crippen molar-refractivity contribution in [1.82, 2.24) is 0 Å². The van der Waals surface area contributed by atoms with Gasteiger partial charge in [0, 0.05) is 0 Å². The van der Waals surface area contributed by atoms with Gasteiger partial charge in [0.25, 0.3) is 0 Å². The van der Waals surface area contributed by atoms with Crippen LogP contribution in [0.25, 0.3) is 0 Å². The molecule has 0 radical (unpaired) electrons. The van der Waals surface area contributed by atoms with Crippen LogP contribution in [-0.4, -0.2) is 0 Å². The van der Waals surface area contributed by atoms with Gasteiger partial charge in [0.05, 0.1) is 0 Å². The van der Waals surface area contributed by atoms with Crippen LogP contribution in [0.15, 0.2) is 0 Å². The van der Waals surface area contributed by atoms with E-state index in [9.17, 15) is 0 Å². The van der Waals surface area contributed by atoms with Gasteiger partial charge in [0.2, 0.25) is 0 Å². The molecule has 15 unspecified atom stereocenters. The number of fused-ring (bicyclic) bond motifs is 6. The Morgan fingerprint density at radius 3 is 0.853 bits per heavy atom. The molecule has 0 heterocycles. The van der Waals surface area contributed by atoms with E-state index in [1.54, 1.807) is 19.3 Å². The molecule has 0 saturated heterocycles. The molecule has 0 aromatic carbocycles. The Hall–Kier alpha value is 0.532. The molecule has 15 atom stereocenters. The van der Waals surface area contributed by atoms with E-state index in [1.165, 1.54) is 19.3 Å². The van der Waals surface area contributed by atoms with Crippen molar-refractivity contribution in [3.63, 3.8) is 0 Å². The van der Waals surface area contributed by atoms with Crippen molar-refractivity contribution in [2.45, 2.75) is 134 Å². The van der Waals surface area contributed by atoms with Crippen LogP contribution in [0, 0.1) is 69.5 Å². The fourth-order valence-corrected chi connectivity index (χ4v) is 24.1. The minimum absolute atomic E-state index is 0.602. The van der Waals surface area contributed by atoms with Crippen LogP contribution in [-0.2, 0) is 14.1 Å². The Morgan fingerprint density at radius 1 is 0.412 bits per heavy atom. The molecule has 6 fully saturated rings. The molecule has 0 aliphatic heterocycles. The topological polar surface area (TPSA) is 0 Å². The summed E-state index contributed by atoms with van der Waals surface area (Å²) in [4.78, 5) is 0. The summed E-state index contributed by atoms with van der Waals surface area (Å²) in [6, 6.07) is 0. The van der Waals surface area contributed by atoms with Crippen LogP contribution < -0.4 is 0 Å². The molecule has 0 N–H and O–H groups in total. The SMILES string of the molecule is CC1C(C)[C]2([Cr]([C]34CC(C)(CC3C)C(C)C4C)[C]34CC(C)(CC3C)C(C)C4C)CC1(C)CC2C. The van der Waals surface area contributed by atoms with Crippen molar-refractivity contribution < 1.29 is 14.1 Å². The molecule has 6 bridgehead atoms. The first-order valence-electron chi connectivity index (χ1n) is 15.3. The monoisotopic (exact) mass is 505 g/mol.